The number of hydrogen-bond donors (Lipinski definition) is 2. The third-order valence-corrected chi connectivity index (χ3v) is 3.73. The third-order valence-electron chi connectivity index (χ3n) is 3.73. The lowest BCUT2D eigenvalue weighted by atomic mass is 10.1. The van der Waals surface area contributed by atoms with Gasteiger partial charge in [-0.05, 0) is 24.3 Å². The molecular formula is C20H17N3O2. The number of fused-ring (bicyclic) bond motifs is 1. The Morgan fingerprint density at radius 1 is 1.00 bits per heavy atom. The van der Waals surface area contributed by atoms with Crippen molar-refractivity contribution in [3.05, 3.63) is 78.0 Å². The average Bonchev–Trinajstić information content (AvgIpc) is 2.66. The second-order valence-electron chi connectivity index (χ2n) is 5.37. The number of pyridine rings is 1. The summed E-state index contributed by atoms with van der Waals surface area (Å²) < 4.78 is 0. The van der Waals surface area contributed by atoms with Crippen molar-refractivity contribution >= 4 is 34.5 Å². The minimum atomic E-state index is -0.315. The van der Waals surface area contributed by atoms with Crippen molar-refractivity contribution in [2.24, 2.45) is 0 Å². The van der Waals surface area contributed by atoms with Gasteiger partial charge in [-0.25, -0.2) is 0 Å². The summed E-state index contributed by atoms with van der Waals surface area (Å²) in [5, 5.41) is 6.30. The van der Waals surface area contributed by atoms with Crippen LogP contribution in [0.5, 0.6) is 0 Å². The Morgan fingerprint density at radius 3 is 2.64 bits per heavy atom. The van der Waals surface area contributed by atoms with Gasteiger partial charge in [0.25, 0.3) is 5.91 Å². The summed E-state index contributed by atoms with van der Waals surface area (Å²) in [6.07, 6.45) is 4.87. The summed E-state index contributed by atoms with van der Waals surface area (Å²) in [7, 11) is 1.55. The molecule has 3 aromatic rings. The van der Waals surface area contributed by atoms with Crippen molar-refractivity contribution in [3.63, 3.8) is 0 Å². The van der Waals surface area contributed by atoms with Crippen molar-refractivity contribution in [3.8, 4) is 0 Å². The number of rotatable bonds is 4. The summed E-state index contributed by atoms with van der Waals surface area (Å²) in [5.41, 5.74) is 2.57. The molecule has 0 fully saturated rings. The molecule has 0 unspecified atom stereocenters. The van der Waals surface area contributed by atoms with Crippen molar-refractivity contribution in [2.45, 2.75) is 0 Å². The molecule has 0 atom stereocenters. The fraction of sp³-hybridized carbons (Fsp3) is 0.0500. The molecule has 0 bridgehead atoms. The maximum atomic E-state index is 12.2. The zero-order chi connectivity index (χ0) is 17.6. The molecule has 25 heavy (non-hydrogen) atoms. The first kappa shape index (κ1) is 16.4. The number of nitrogens with zero attached hydrogens (tertiary/aromatic N) is 1. The van der Waals surface area contributed by atoms with Gasteiger partial charge in [-0.1, -0.05) is 36.4 Å². The molecule has 3 rings (SSSR count). The number of aromatic nitrogens is 1. The highest BCUT2D eigenvalue weighted by atomic mass is 16.2. The first-order chi connectivity index (χ1) is 12.2. The van der Waals surface area contributed by atoms with Gasteiger partial charge >= 0.3 is 0 Å². The Bertz CT molecular complexity index is 959. The molecule has 124 valence electrons. The summed E-state index contributed by atoms with van der Waals surface area (Å²) >= 11 is 0. The molecule has 5 heteroatoms. The van der Waals surface area contributed by atoms with E-state index in [0.717, 1.165) is 16.5 Å². The largest absolute Gasteiger partial charge is 0.355 e. The Labute approximate surface area is 145 Å². The van der Waals surface area contributed by atoms with Crippen LogP contribution in [0.4, 0.5) is 5.69 Å². The van der Waals surface area contributed by atoms with E-state index in [1.807, 2.05) is 30.3 Å². The van der Waals surface area contributed by atoms with E-state index >= 15 is 0 Å². The SMILES string of the molecule is CNC(=O)c1ccccc1NC(=O)/C=C/c1cccc2cccnc12. The molecular weight excluding hydrogens is 314 g/mol. The van der Waals surface area contributed by atoms with E-state index in [0.29, 0.717) is 11.3 Å². The second-order valence-corrected chi connectivity index (χ2v) is 5.37. The fourth-order valence-electron chi connectivity index (χ4n) is 2.53. The van der Waals surface area contributed by atoms with E-state index in [9.17, 15) is 9.59 Å². The van der Waals surface area contributed by atoms with Crippen molar-refractivity contribution in [2.75, 3.05) is 12.4 Å². The Kier molecular flexibility index (Phi) is 4.85. The topological polar surface area (TPSA) is 71.1 Å². The van der Waals surface area contributed by atoms with Gasteiger partial charge in [0.2, 0.25) is 5.91 Å². The quantitative estimate of drug-likeness (QED) is 0.721. The number of para-hydroxylation sites is 2. The number of amides is 2. The zero-order valence-electron chi connectivity index (χ0n) is 13.7. The molecule has 1 aromatic heterocycles. The number of anilines is 1. The second kappa shape index (κ2) is 7.40. The van der Waals surface area contributed by atoms with Gasteiger partial charge in [0.15, 0.2) is 0 Å². The van der Waals surface area contributed by atoms with Gasteiger partial charge in [-0.3, -0.25) is 14.6 Å². The highest BCUT2D eigenvalue weighted by Gasteiger charge is 2.10. The Balaban J connectivity index is 1.81. The molecule has 0 aliphatic heterocycles. The fourth-order valence-corrected chi connectivity index (χ4v) is 2.53. The monoisotopic (exact) mass is 331 g/mol. The minimum absolute atomic E-state index is 0.252. The molecule has 2 N–H and O–H groups in total. The maximum absolute atomic E-state index is 12.2. The minimum Gasteiger partial charge on any atom is -0.355 e. The van der Waals surface area contributed by atoms with Crippen LogP contribution in [0.2, 0.25) is 0 Å². The molecule has 2 aromatic carbocycles. The molecule has 0 aliphatic carbocycles. The lowest BCUT2D eigenvalue weighted by molar-refractivity contribution is -0.111. The molecule has 1 heterocycles. The summed E-state index contributed by atoms with van der Waals surface area (Å²) in [6, 6.07) is 16.5. The zero-order valence-corrected chi connectivity index (χ0v) is 13.7. The first-order valence-electron chi connectivity index (χ1n) is 7.83. The van der Waals surface area contributed by atoms with Crippen molar-refractivity contribution in [1.82, 2.24) is 10.3 Å². The Morgan fingerprint density at radius 2 is 1.80 bits per heavy atom. The van der Waals surface area contributed by atoms with Crippen LogP contribution in [0.3, 0.4) is 0 Å². The number of hydrogen-bond acceptors (Lipinski definition) is 3. The van der Waals surface area contributed by atoms with E-state index in [1.165, 1.54) is 6.08 Å². The molecule has 0 spiro atoms. The molecule has 0 saturated carbocycles. The van der Waals surface area contributed by atoms with E-state index in [-0.39, 0.29) is 11.8 Å². The average molecular weight is 331 g/mol. The van der Waals surface area contributed by atoms with Gasteiger partial charge < -0.3 is 10.6 Å². The Hall–Kier alpha value is -3.47. The molecule has 2 amide bonds. The van der Waals surface area contributed by atoms with Crippen molar-refractivity contribution < 1.29 is 9.59 Å². The molecule has 0 radical (unpaired) electrons. The first-order valence-corrected chi connectivity index (χ1v) is 7.83. The third kappa shape index (κ3) is 3.72. The van der Waals surface area contributed by atoms with Gasteiger partial charge in [-0.15, -0.1) is 0 Å². The van der Waals surface area contributed by atoms with Gasteiger partial charge in [0.05, 0.1) is 16.8 Å². The normalized spacial score (nSPS) is 10.8. The van der Waals surface area contributed by atoms with E-state index in [1.54, 1.807) is 43.6 Å². The number of benzene rings is 2. The van der Waals surface area contributed by atoms with Crippen LogP contribution in [0.1, 0.15) is 15.9 Å². The molecule has 0 aliphatic rings. The standard InChI is InChI=1S/C20H17N3O2/c1-21-20(25)16-9-2-3-10-17(16)23-18(24)12-11-15-7-4-6-14-8-5-13-22-19(14)15/h2-13H,1H3,(H,21,25)(H,23,24)/b12-11+. The van der Waals surface area contributed by atoms with E-state index < -0.39 is 0 Å². The van der Waals surface area contributed by atoms with Crippen LogP contribution < -0.4 is 10.6 Å². The lowest BCUT2D eigenvalue weighted by Crippen LogP contribution is -2.20. The predicted molar refractivity (Wildman–Crippen MR) is 99.2 cm³/mol. The van der Waals surface area contributed by atoms with Crippen LogP contribution >= 0.6 is 0 Å². The number of nitrogens with one attached hydrogen (secondary N) is 2. The van der Waals surface area contributed by atoms with E-state index in [2.05, 4.69) is 15.6 Å². The summed E-state index contributed by atoms with van der Waals surface area (Å²) in [5.74, 6) is -0.567. The number of carbonyl (C=O) groups excluding carboxylic acids is 2. The molecule has 0 saturated heterocycles. The lowest BCUT2D eigenvalue weighted by Gasteiger charge is -2.08. The van der Waals surface area contributed by atoms with Crippen LogP contribution in [0, 0.1) is 0 Å². The predicted octanol–water partition coefficient (Wildman–Crippen LogP) is 3.25. The van der Waals surface area contributed by atoms with Crippen molar-refractivity contribution in [1.29, 1.82) is 0 Å². The molecule has 5 nitrogen and oxygen atoms in total. The van der Waals surface area contributed by atoms with Crippen LogP contribution in [0.25, 0.3) is 17.0 Å². The summed E-state index contributed by atoms with van der Waals surface area (Å²) in [6.45, 7) is 0. The number of carbonyl (C=O) groups is 2. The maximum Gasteiger partial charge on any atom is 0.253 e. The van der Waals surface area contributed by atoms with Crippen LogP contribution in [-0.4, -0.2) is 23.8 Å². The summed E-state index contributed by atoms with van der Waals surface area (Å²) in [4.78, 5) is 28.4. The highest BCUT2D eigenvalue weighted by molar-refractivity contribution is 6.08. The van der Waals surface area contributed by atoms with Gasteiger partial charge in [-0.2, -0.15) is 0 Å². The van der Waals surface area contributed by atoms with Crippen LogP contribution in [0.15, 0.2) is 66.9 Å². The van der Waals surface area contributed by atoms with Gasteiger partial charge in [0.1, 0.15) is 0 Å². The van der Waals surface area contributed by atoms with Crippen LogP contribution in [-0.2, 0) is 4.79 Å². The van der Waals surface area contributed by atoms with E-state index in [4.69, 9.17) is 0 Å². The highest BCUT2D eigenvalue weighted by Crippen LogP contribution is 2.18. The van der Waals surface area contributed by atoms with Gasteiger partial charge in [0, 0.05) is 30.3 Å². The smallest absolute Gasteiger partial charge is 0.253 e.